The van der Waals surface area contributed by atoms with Crippen LogP contribution in [0.25, 0.3) is 10.8 Å². The molecule has 1 heterocycles. The van der Waals surface area contributed by atoms with Gasteiger partial charge in [-0.05, 0) is 18.2 Å². The molecule has 21 heteroatoms. The summed E-state index contributed by atoms with van der Waals surface area (Å²) in [7, 11) is -13.5. The van der Waals surface area contributed by atoms with Crippen molar-refractivity contribution in [2.24, 2.45) is 0 Å². The molecule has 0 atom stereocenters. The largest absolute Gasteiger partial charge is 1.00 e. The van der Waals surface area contributed by atoms with Gasteiger partial charge in [0.1, 0.15) is 20.2 Å². The molecule has 0 aliphatic heterocycles. The maximum absolute atomic E-state index is 11.8. The topological polar surface area (TPSA) is 244 Å². The van der Waals surface area contributed by atoms with Crippen molar-refractivity contribution in [1.29, 1.82) is 0 Å². The molecule has 0 spiro atoms. The fourth-order valence-corrected chi connectivity index (χ4v) is 4.57. The summed E-state index contributed by atoms with van der Waals surface area (Å²) >= 11 is 0. The summed E-state index contributed by atoms with van der Waals surface area (Å²) in [6.07, 6.45) is 0. The maximum Gasteiger partial charge on any atom is 1.00 e. The quantitative estimate of drug-likeness (QED) is 0.171. The molecule has 0 saturated heterocycles. The van der Waals surface area contributed by atoms with E-state index in [1.165, 1.54) is 7.11 Å². The molecule has 0 fully saturated rings. The molecule has 0 amide bonds. The second-order valence-corrected chi connectivity index (χ2v) is 10.7. The molecule has 15 nitrogen and oxygen atoms in total. The van der Waals surface area contributed by atoms with E-state index in [9.17, 15) is 38.9 Å². The summed E-state index contributed by atoms with van der Waals surface area (Å²) in [5.74, 6) is -1.29. The van der Waals surface area contributed by atoms with Gasteiger partial charge in [0.25, 0.3) is 0 Å². The van der Waals surface area contributed by atoms with Crippen molar-refractivity contribution in [3.8, 4) is 6.01 Å². The third-order valence-corrected chi connectivity index (χ3v) is 6.62. The van der Waals surface area contributed by atoms with Crippen LogP contribution >= 0.6 is 0 Å². The molecule has 0 saturated carbocycles. The zero-order valence-electron chi connectivity index (χ0n) is 19.9. The van der Waals surface area contributed by atoms with E-state index in [0.29, 0.717) is 0 Å². The molecular weight excluding hydrogens is 587 g/mol. The zero-order valence-corrected chi connectivity index (χ0v) is 28.4. The van der Waals surface area contributed by atoms with Crippen LogP contribution in [0.4, 0.5) is 17.6 Å². The summed E-state index contributed by atoms with van der Waals surface area (Å²) in [4.78, 5) is 10.0. The Bertz CT molecular complexity index is 1590. The number of hydrogen-bond donors (Lipinski definition) is 2. The molecule has 0 bridgehead atoms. The van der Waals surface area contributed by atoms with Gasteiger partial charge in [-0.3, -0.25) is 0 Å². The Kier molecular flexibility index (Phi) is 14.4. The average molecular weight is 601 g/mol. The molecule has 37 heavy (non-hydrogen) atoms. The van der Waals surface area contributed by atoms with Crippen molar-refractivity contribution in [3.63, 3.8) is 0 Å². The van der Waals surface area contributed by atoms with Gasteiger partial charge < -0.3 is 29.0 Å². The molecule has 3 aromatic rings. The van der Waals surface area contributed by atoms with Gasteiger partial charge in [-0.25, -0.2) is 25.3 Å². The van der Waals surface area contributed by atoms with Crippen molar-refractivity contribution in [1.82, 2.24) is 15.0 Å². The van der Waals surface area contributed by atoms with E-state index in [4.69, 9.17) is 4.74 Å². The minimum absolute atomic E-state index is 0. The maximum atomic E-state index is 11.8. The van der Waals surface area contributed by atoms with Crippen LogP contribution in [0.15, 0.2) is 40.1 Å². The third-order valence-electron chi connectivity index (χ3n) is 4.15. The summed E-state index contributed by atoms with van der Waals surface area (Å²) in [5.41, 5.74) is -0.181. The molecule has 1 aromatic heterocycles. The van der Waals surface area contributed by atoms with E-state index in [-0.39, 0.29) is 130 Å². The smallest absolute Gasteiger partial charge is 0.748 e. The monoisotopic (exact) mass is 601 g/mol. The first-order valence-corrected chi connectivity index (χ1v) is 13.3. The minimum atomic E-state index is -5.12. The Morgan fingerprint density at radius 3 is 1.95 bits per heavy atom. The number of benzene rings is 2. The zero-order chi connectivity index (χ0) is 25.3. The molecule has 0 aliphatic rings. The Morgan fingerprint density at radius 2 is 1.41 bits per heavy atom. The van der Waals surface area contributed by atoms with Gasteiger partial charge in [-0.15, -0.1) is 0 Å². The molecule has 2 N–H and O–H groups in total. The molecular formula is C16H14N5Na3O10S3. The molecule has 184 valence electrons. The van der Waals surface area contributed by atoms with E-state index >= 15 is 0 Å². The SMILES string of the molecule is COc1nc(NCCS(=O)(=O)[O-])nc(Nc2cc(S(=O)(=O)[O-])c3cccc(S(=O)(=O)[O-])c3c2)n1.[Na+].[Na+].[Na+]. The van der Waals surface area contributed by atoms with Crippen LogP contribution in [0.3, 0.4) is 0 Å². The van der Waals surface area contributed by atoms with Crippen LogP contribution < -0.4 is 104 Å². The molecule has 2 aromatic carbocycles. The average Bonchev–Trinajstić information content (AvgIpc) is 2.70. The van der Waals surface area contributed by atoms with Gasteiger partial charge in [-0.2, -0.15) is 15.0 Å². The number of anilines is 3. The summed E-state index contributed by atoms with van der Waals surface area (Å²) in [6, 6.07) is 4.95. The molecule has 3 rings (SSSR count). The fourth-order valence-electron chi connectivity index (χ4n) is 2.82. The van der Waals surface area contributed by atoms with Gasteiger partial charge in [-0.1, -0.05) is 12.1 Å². The van der Waals surface area contributed by atoms with Gasteiger partial charge in [0.15, 0.2) is 0 Å². The molecule has 0 radical (unpaired) electrons. The van der Waals surface area contributed by atoms with E-state index in [0.717, 1.165) is 30.3 Å². The van der Waals surface area contributed by atoms with Crippen LogP contribution in [0, 0.1) is 0 Å². The number of nitrogens with zero attached hydrogens (tertiary/aromatic N) is 3. The number of nitrogens with one attached hydrogen (secondary N) is 2. The van der Waals surface area contributed by atoms with Crippen molar-refractivity contribution in [3.05, 3.63) is 30.3 Å². The van der Waals surface area contributed by atoms with Crippen LogP contribution in [-0.2, 0) is 30.4 Å². The summed E-state index contributed by atoms with van der Waals surface area (Å²) in [5, 5.41) is 4.39. The first kappa shape index (κ1) is 36.8. The molecule has 0 unspecified atom stereocenters. The third kappa shape index (κ3) is 10.4. The van der Waals surface area contributed by atoms with Gasteiger partial charge >= 0.3 is 94.7 Å². The van der Waals surface area contributed by atoms with Crippen molar-refractivity contribution in [2.75, 3.05) is 30.0 Å². The van der Waals surface area contributed by atoms with E-state index < -0.39 is 45.9 Å². The Balaban J connectivity index is 0.00000432. The standard InChI is InChI=1S/C16H17N5O10S3.3Na/c1-31-16-20-14(17-5-6-32(22,23)24)19-15(21-16)18-9-7-11-10(13(8-9)34(28,29)30)3-2-4-12(11)33(25,26)27;;;/h2-4,7-8H,5-6H2,1H3,(H,22,23,24)(H,25,26,27)(H,28,29,30)(H2,17,18,19,20,21);;;/q;3*+1/p-3. The van der Waals surface area contributed by atoms with Gasteiger partial charge in [0.05, 0.1) is 32.8 Å². The Morgan fingerprint density at radius 1 is 0.811 bits per heavy atom. The van der Waals surface area contributed by atoms with Crippen molar-refractivity contribution >= 4 is 58.7 Å². The van der Waals surface area contributed by atoms with E-state index in [2.05, 4.69) is 25.6 Å². The van der Waals surface area contributed by atoms with Crippen LogP contribution in [0.2, 0.25) is 0 Å². The number of rotatable bonds is 9. The first-order chi connectivity index (χ1) is 15.7. The predicted octanol–water partition coefficient (Wildman–Crippen LogP) is -9.45. The van der Waals surface area contributed by atoms with Gasteiger partial charge in [0.2, 0.25) is 11.9 Å². The minimum Gasteiger partial charge on any atom is -0.748 e. The first-order valence-electron chi connectivity index (χ1n) is 8.90. The van der Waals surface area contributed by atoms with Crippen LogP contribution in [-0.4, -0.2) is 73.3 Å². The summed E-state index contributed by atoms with van der Waals surface area (Å²) < 4.78 is 108. The fraction of sp³-hybridized carbons (Fsp3) is 0.188. The number of fused-ring (bicyclic) bond motifs is 1. The Labute approximate surface area is 278 Å². The molecule has 0 aliphatic carbocycles. The summed E-state index contributed by atoms with van der Waals surface area (Å²) in [6.45, 7) is -0.349. The Hall–Kier alpha value is -0.160. The predicted molar refractivity (Wildman–Crippen MR) is 113 cm³/mol. The number of ether oxygens (including phenoxy) is 1. The van der Waals surface area contributed by atoms with E-state index in [1.807, 2.05) is 0 Å². The number of methoxy groups -OCH3 is 1. The van der Waals surface area contributed by atoms with Crippen molar-refractivity contribution < 1.29 is 132 Å². The van der Waals surface area contributed by atoms with Crippen LogP contribution in [0.5, 0.6) is 6.01 Å². The van der Waals surface area contributed by atoms with Crippen molar-refractivity contribution in [2.45, 2.75) is 9.79 Å². The van der Waals surface area contributed by atoms with Crippen LogP contribution in [0.1, 0.15) is 0 Å². The second-order valence-electron chi connectivity index (χ2n) is 6.52. The van der Waals surface area contributed by atoms with Gasteiger partial charge in [0, 0.05) is 23.0 Å². The van der Waals surface area contributed by atoms with E-state index in [1.54, 1.807) is 0 Å². The number of aromatic nitrogens is 3. The normalized spacial score (nSPS) is 11.5. The second kappa shape index (κ2) is 14.5. The number of hydrogen-bond acceptors (Lipinski definition) is 15.